The minimum atomic E-state index is 0.181. The molecule has 0 heterocycles. The van der Waals surface area contributed by atoms with E-state index in [9.17, 15) is 0 Å². The molecule has 0 saturated carbocycles. The van der Waals surface area contributed by atoms with Gasteiger partial charge in [-0.15, -0.1) is 0 Å². The van der Waals surface area contributed by atoms with Gasteiger partial charge in [0.2, 0.25) is 0 Å². The summed E-state index contributed by atoms with van der Waals surface area (Å²) in [6, 6.07) is 25.1. The summed E-state index contributed by atoms with van der Waals surface area (Å²) in [7, 11) is 0. The molecule has 3 aromatic rings. The molecule has 0 saturated heterocycles. The fraction of sp³-hybridized carbons (Fsp3) is 0.182. The second-order valence-electron chi connectivity index (χ2n) is 6.05. The summed E-state index contributed by atoms with van der Waals surface area (Å²) < 4.78 is 0. The van der Waals surface area contributed by atoms with Gasteiger partial charge in [0.1, 0.15) is 0 Å². The lowest BCUT2D eigenvalue weighted by Gasteiger charge is -2.19. The molecule has 3 rings (SSSR count). The van der Waals surface area contributed by atoms with Crippen molar-refractivity contribution in [2.75, 3.05) is 0 Å². The summed E-state index contributed by atoms with van der Waals surface area (Å²) in [4.78, 5) is 0. The highest BCUT2D eigenvalue weighted by Crippen LogP contribution is 2.31. The van der Waals surface area contributed by atoms with Crippen molar-refractivity contribution < 1.29 is 0 Å². The first-order chi connectivity index (χ1) is 12.2. The number of halogens is 2. The topological polar surface area (TPSA) is 12.0 Å². The lowest BCUT2D eigenvalue weighted by Crippen LogP contribution is -2.20. The largest absolute Gasteiger partial charge is 0.306 e. The second kappa shape index (κ2) is 8.53. The predicted octanol–water partition coefficient (Wildman–Crippen LogP) is 6.90. The molecule has 3 aromatic carbocycles. The molecule has 1 unspecified atom stereocenters. The molecule has 1 atom stereocenters. The third-order valence-corrected chi connectivity index (χ3v) is 5.21. The molecule has 3 heteroatoms. The summed E-state index contributed by atoms with van der Waals surface area (Å²) in [6.07, 6.45) is 0.947. The van der Waals surface area contributed by atoms with Gasteiger partial charge in [-0.2, -0.15) is 0 Å². The molecule has 0 aliphatic rings. The summed E-state index contributed by atoms with van der Waals surface area (Å²) >= 11 is 12.5. The van der Waals surface area contributed by atoms with Crippen molar-refractivity contribution in [1.82, 2.24) is 5.32 Å². The molecule has 0 aromatic heterocycles. The summed E-state index contributed by atoms with van der Waals surface area (Å²) in [5, 5.41) is 4.83. The molecule has 0 aliphatic carbocycles. The van der Waals surface area contributed by atoms with E-state index in [0.717, 1.165) is 18.5 Å². The van der Waals surface area contributed by atoms with Crippen LogP contribution in [0, 0.1) is 0 Å². The van der Waals surface area contributed by atoms with Crippen LogP contribution in [-0.2, 0) is 6.54 Å². The fourth-order valence-corrected chi connectivity index (χ4v) is 3.39. The molecule has 0 radical (unpaired) electrons. The fourth-order valence-electron chi connectivity index (χ4n) is 2.95. The molecule has 0 fully saturated rings. The van der Waals surface area contributed by atoms with E-state index in [-0.39, 0.29) is 6.04 Å². The summed E-state index contributed by atoms with van der Waals surface area (Å²) in [5.41, 5.74) is 4.77. The Kier molecular flexibility index (Phi) is 6.14. The SMILES string of the molecule is CCC(NCc1ccc(-c2ccccc2)cc1)c1cccc(Cl)c1Cl. The maximum absolute atomic E-state index is 6.37. The molecule has 0 bridgehead atoms. The Hall–Kier alpha value is -1.80. The molecule has 1 nitrogen and oxygen atoms in total. The lowest BCUT2D eigenvalue weighted by molar-refractivity contribution is 0.519. The highest BCUT2D eigenvalue weighted by molar-refractivity contribution is 6.42. The van der Waals surface area contributed by atoms with Crippen LogP contribution >= 0.6 is 23.2 Å². The highest BCUT2D eigenvalue weighted by Gasteiger charge is 2.14. The van der Waals surface area contributed by atoms with E-state index in [1.54, 1.807) is 0 Å². The van der Waals surface area contributed by atoms with Crippen LogP contribution < -0.4 is 5.32 Å². The van der Waals surface area contributed by atoms with E-state index in [1.165, 1.54) is 16.7 Å². The standard InChI is InChI=1S/C22H21Cl2N/c1-2-21(19-9-6-10-20(23)22(19)24)25-15-16-11-13-18(14-12-16)17-7-4-3-5-8-17/h3-14,21,25H,2,15H2,1H3. The van der Waals surface area contributed by atoms with Crippen molar-refractivity contribution in [3.05, 3.63) is 94.0 Å². The third-order valence-electron chi connectivity index (χ3n) is 4.38. The Labute approximate surface area is 159 Å². The quantitative estimate of drug-likeness (QED) is 0.498. The Morgan fingerprint density at radius 3 is 2.16 bits per heavy atom. The van der Waals surface area contributed by atoms with Gasteiger partial charge in [-0.3, -0.25) is 0 Å². The Morgan fingerprint density at radius 1 is 0.800 bits per heavy atom. The van der Waals surface area contributed by atoms with E-state index < -0.39 is 0 Å². The maximum Gasteiger partial charge on any atom is 0.0640 e. The summed E-state index contributed by atoms with van der Waals surface area (Å²) in [6.45, 7) is 2.93. The van der Waals surface area contributed by atoms with Crippen molar-refractivity contribution in [2.45, 2.75) is 25.9 Å². The van der Waals surface area contributed by atoms with Gasteiger partial charge in [-0.1, -0.05) is 96.9 Å². The molecule has 0 amide bonds. The van der Waals surface area contributed by atoms with Gasteiger partial charge in [-0.25, -0.2) is 0 Å². The average Bonchev–Trinajstić information content (AvgIpc) is 2.66. The minimum absolute atomic E-state index is 0.181. The van der Waals surface area contributed by atoms with Crippen LogP contribution in [-0.4, -0.2) is 0 Å². The van der Waals surface area contributed by atoms with Crippen LogP contribution in [0.15, 0.2) is 72.8 Å². The Bertz CT molecular complexity index is 813. The van der Waals surface area contributed by atoms with Crippen molar-refractivity contribution in [1.29, 1.82) is 0 Å². The molecular weight excluding hydrogens is 349 g/mol. The first kappa shape index (κ1) is 18.0. The van der Waals surface area contributed by atoms with Crippen LogP contribution in [0.1, 0.15) is 30.5 Å². The maximum atomic E-state index is 6.37. The lowest BCUT2D eigenvalue weighted by atomic mass is 10.0. The zero-order valence-corrected chi connectivity index (χ0v) is 15.7. The molecule has 1 N–H and O–H groups in total. The van der Waals surface area contributed by atoms with Gasteiger partial charge in [0.05, 0.1) is 10.0 Å². The van der Waals surface area contributed by atoms with E-state index in [1.807, 2.05) is 24.3 Å². The van der Waals surface area contributed by atoms with Gasteiger partial charge >= 0.3 is 0 Å². The van der Waals surface area contributed by atoms with Gasteiger partial charge in [0.25, 0.3) is 0 Å². The molecule has 25 heavy (non-hydrogen) atoms. The van der Waals surface area contributed by atoms with Crippen LogP contribution in [0.3, 0.4) is 0 Å². The van der Waals surface area contributed by atoms with Crippen LogP contribution in [0.2, 0.25) is 10.0 Å². The zero-order chi connectivity index (χ0) is 17.6. The van der Waals surface area contributed by atoms with Crippen molar-refractivity contribution in [2.24, 2.45) is 0 Å². The molecule has 0 aliphatic heterocycles. The number of hydrogen-bond donors (Lipinski definition) is 1. The zero-order valence-electron chi connectivity index (χ0n) is 14.2. The number of rotatable bonds is 6. The first-order valence-corrected chi connectivity index (χ1v) is 9.26. The van der Waals surface area contributed by atoms with Crippen molar-refractivity contribution in [3.8, 4) is 11.1 Å². The van der Waals surface area contributed by atoms with Gasteiger partial charge in [0, 0.05) is 12.6 Å². The van der Waals surface area contributed by atoms with Crippen molar-refractivity contribution >= 4 is 23.2 Å². The smallest absolute Gasteiger partial charge is 0.0640 e. The number of nitrogens with one attached hydrogen (secondary N) is 1. The highest BCUT2D eigenvalue weighted by atomic mass is 35.5. The normalized spacial score (nSPS) is 12.1. The Morgan fingerprint density at radius 2 is 1.48 bits per heavy atom. The third kappa shape index (κ3) is 4.43. The van der Waals surface area contributed by atoms with E-state index >= 15 is 0 Å². The van der Waals surface area contributed by atoms with Gasteiger partial charge < -0.3 is 5.32 Å². The predicted molar refractivity (Wildman–Crippen MR) is 108 cm³/mol. The second-order valence-corrected chi connectivity index (χ2v) is 6.83. The van der Waals surface area contributed by atoms with E-state index in [2.05, 4.69) is 60.8 Å². The van der Waals surface area contributed by atoms with Crippen LogP contribution in [0.5, 0.6) is 0 Å². The molecule has 128 valence electrons. The summed E-state index contributed by atoms with van der Waals surface area (Å²) in [5.74, 6) is 0. The monoisotopic (exact) mass is 369 g/mol. The van der Waals surface area contributed by atoms with Gasteiger partial charge in [0.15, 0.2) is 0 Å². The Balaban J connectivity index is 1.69. The number of benzene rings is 3. The van der Waals surface area contributed by atoms with Crippen LogP contribution in [0.4, 0.5) is 0 Å². The average molecular weight is 370 g/mol. The van der Waals surface area contributed by atoms with E-state index in [4.69, 9.17) is 23.2 Å². The van der Waals surface area contributed by atoms with E-state index in [0.29, 0.717) is 10.0 Å². The van der Waals surface area contributed by atoms with Gasteiger partial charge in [-0.05, 0) is 34.7 Å². The first-order valence-electron chi connectivity index (χ1n) is 8.50. The molecular formula is C22H21Cl2N. The van der Waals surface area contributed by atoms with Crippen LogP contribution in [0.25, 0.3) is 11.1 Å². The van der Waals surface area contributed by atoms with Crippen molar-refractivity contribution in [3.63, 3.8) is 0 Å². The molecule has 0 spiro atoms. The minimum Gasteiger partial charge on any atom is -0.306 e. The number of hydrogen-bond acceptors (Lipinski definition) is 1.